The van der Waals surface area contributed by atoms with Crippen molar-refractivity contribution in [3.8, 4) is 0 Å². The molecule has 0 saturated carbocycles. The highest BCUT2D eigenvalue weighted by atomic mass is 32.2. The maximum atomic E-state index is 13.0. The predicted molar refractivity (Wildman–Crippen MR) is 96.5 cm³/mol. The summed E-state index contributed by atoms with van der Waals surface area (Å²) in [6, 6.07) is 16.5. The second-order valence-electron chi connectivity index (χ2n) is 6.17. The van der Waals surface area contributed by atoms with Gasteiger partial charge in [0, 0.05) is 12.1 Å². The van der Waals surface area contributed by atoms with Crippen molar-refractivity contribution in [2.75, 3.05) is 4.90 Å². The summed E-state index contributed by atoms with van der Waals surface area (Å²) in [5.74, 6) is -1.14. The number of anilines is 1. The highest BCUT2D eigenvalue weighted by Gasteiger charge is 2.50. The lowest BCUT2D eigenvalue weighted by Crippen LogP contribution is -2.40. The molecular formula is C19H16F3NO4S. The van der Waals surface area contributed by atoms with E-state index in [1.165, 1.54) is 11.8 Å². The molecule has 2 aromatic carbocycles. The molecule has 5 nitrogen and oxygen atoms in total. The Morgan fingerprint density at radius 1 is 1.00 bits per heavy atom. The lowest BCUT2D eigenvalue weighted by molar-refractivity contribution is -0.116. The van der Waals surface area contributed by atoms with Crippen molar-refractivity contribution in [3.05, 3.63) is 77.6 Å². The van der Waals surface area contributed by atoms with E-state index < -0.39 is 33.3 Å². The number of carbonyl (C=O) groups is 1. The zero-order valence-electron chi connectivity index (χ0n) is 14.7. The molecule has 2 aromatic rings. The van der Waals surface area contributed by atoms with Crippen LogP contribution in [0.5, 0.6) is 0 Å². The molecule has 28 heavy (non-hydrogen) atoms. The predicted octanol–water partition coefficient (Wildman–Crippen LogP) is 4.30. The number of benzene rings is 2. The van der Waals surface area contributed by atoms with E-state index in [4.69, 9.17) is 0 Å². The van der Waals surface area contributed by atoms with Crippen molar-refractivity contribution in [1.29, 1.82) is 0 Å². The molecule has 148 valence electrons. The average molecular weight is 411 g/mol. The first-order valence-corrected chi connectivity index (χ1v) is 9.66. The van der Waals surface area contributed by atoms with Gasteiger partial charge in [-0.05, 0) is 24.6 Å². The number of rotatable bonds is 4. The minimum absolute atomic E-state index is 0.191. The summed E-state index contributed by atoms with van der Waals surface area (Å²) in [7, 11) is -5.87. The van der Waals surface area contributed by atoms with E-state index in [0.29, 0.717) is 11.3 Å². The van der Waals surface area contributed by atoms with E-state index in [2.05, 4.69) is 4.18 Å². The van der Waals surface area contributed by atoms with Crippen LogP contribution in [0.25, 0.3) is 0 Å². The van der Waals surface area contributed by atoms with E-state index in [9.17, 15) is 26.4 Å². The van der Waals surface area contributed by atoms with Crippen LogP contribution in [0.2, 0.25) is 0 Å². The Balaban J connectivity index is 2.08. The molecular weight excluding hydrogens is 395 g/mol. The van der Waals surface area contributed by atoms with Crippen LogP contribution in [0, 0.1) is 0 Å². The quantitative estimate of drug-likeness (QED) is 0.556. The molecule has 0 saturated heterocycles. The SMILES string of the molecule is CC1=C(OS(=O)(=O)C(F)(F)F)CC(c2ccccc2)N(c2ccccc2)C1=O. The third-order valence-corrected chi connectivity index (χ3v) is 5.35. The minimum atomic E-state index is -5.87. The normalized spacial score (nSPS) is 18.4. The van der Waals surface area contributed by atoms with Crippen LogP contribution in [0.4, 0.5) is 18.9 Å². The summed E-state index contributed by atoms with van der Waals surface area (Å²) in [4.78, 5) is 14.4. The lowest BCUT2D eigenvalue weighted by atomic mass is 9.94. The Morgan fingerprint density at radius 3 is 2.07 bits per heavy atom. The van der Waals surface area contributed by atoms with Gasteiger partial charge in [0.2, 0.25) is 0 Å². The lowest BCUT2D eigenvalue weighted by Gasteiger charge is -2.37. The fourth-order valence-electron chi connectivity index (χ4n) is 2.97. The van der Waals surface area contributed by atoms with Gasteiger partial charge in [0.15, 0.2) is 0 Å². The van der Waals surface area contributed by atoms with Gasteiger partial charge in [-0.1, -0.05) is 48.5 Å². The second kappa shape index (κ2) is 7.31. The van der Waals surface area contributed by atoms with Gasteiger partial charge in [0.1, 0.15) is 5.76 Å². The summed E-state index contributed by atoms with van der Waals surface area (Å²) >= 11 is 0. The van der Waals surface area contributed by atoms with Crippen LogP contribution >= 0.6 is 0 Å². The van der Waals surface area contributed by atoms with E-state index >= 15 is 0 Å². The fraction of sp³-hybridized carbons (Fsp3) is 0.211. The van der Waals surface area contributed by atoms with Crippen LogP contribution in [0.3, 0.4) is 0 Å². The van der Waals surface area contributed by atoms with Gasteiger partial charge in [-0.15, -0.1) is 0 Å². The summed E-state index contributed by atoms with van der Waals surface area (Å²) < 4.78 is 65.5. The monoisotopic (exact) mass is 411 g/mol. The number of para-hydroxylation sites is 1. The molecule has 1 aliphatic heterocycles. The van der Waals surface area contributed by atoms with Gasteiger partial charge in [0.05, 0.1) is 11.6 Å². The van der Waals surface area contributed by atoms with Gasteiger partial charge < -0.3 is 9.08 Å². The van der Waals surface area contributed by atoms with Crippen molar-refractivity contribution in [2.24, 2.45) is 0 Å². The highest BCUT2D eigenvalue weighted by molar-refractivity contribution is 7.87. The van der Waals surface area contributed by atoms with Crippen molar-refractivity contribution in [1.82, 2.24) is 0 Å². The maximum absolute atomic E-state index is 13.0. The molecule has 1 aliphatic rings. The number of halogens is 3. The van der Waals surface area contributed by atoms with Crippen molar-refractivity contribution < 1.29 is 30.6 Å². The third-order valence-electron chi connectivity index (χ3n) is 4.36. The average Bonchev–Trinajstić information content (AvgIpc) is 2.65. The number of alkyl halides is 3. The molecule has 1 heterocycles. The molecule has 0 N–H and O–H groups in total. The summed E-state index contributed by atoms with van der Waals surface area (Å²) in [5, 5.41) is 0. The number of nitrogens with zero attached hydrogens (tertiary/aromatic N) is 1. The van der Waals surface area contributed by atoms with Gasteiger partial charge >= 0.3 is 15.6 Å². The molecule has 0 aromatic heterocycles. The molecule has 0 aliphatic carbocycles. The van der Waals surface area contributed by atoms with Gasteiger partial charge in [-0.3, -0.25) is 4.79 Å². The molecule has 0 bridgehead atoms. The fourth-order valence-corrected chi connectivity index (χ4v) is 3.52. The first kappa shape index (κ1) is 19.9. The smallest absolute Gasteiger partial charge is 0.380 e. The molecule has 0 radical (unpaired) electrons. The number of hydrogen-bond acceptors (Lipinski definition) is 4. The van der Waals surface area contributed by atoms with Crippen LogP contribution in [-0.2, 0) is 19.1 Å². The van der Waals surface area contributed by atoms with Gasteiger partial charge in [-0.25, -0.2) is 0 Å². The molecule has 3 rings (SSSR count). The van der Waals surface area contributed by atoms with E-state index in [-0.39, 0.29) is 12.0 Å². The topological polar surface area (TPSA) is 63.7 Å². The van der Waals surface area contributed by atoms with E-state index in [0.717, 1.165) is 0 Å². The molecule has 9 heteroatoms. The van der Waals surface area contributed by atoms with E-state index in [1.807, 2.05) is 0 Å². The molecule has 0 fully saturated rings. The summed E-state index contributed by atoms with van der Waals surface area (Å²) in [6.07, 6.45) is -0.216. The van der Waals surface area contributed by atoms with Crippen molar-refractivity contribution >= 4 is 21.7 Å². The van der Waals surface area contributed by atoms with Crippen LogP contribution < -0.4 is 4.90 Å². The molecule has 1 amide bonds. The first-order valence-electron chi connectivity index (χ1n) is 8.26. The Labute approximate surface area is 160 Å². The maximum Gasteiger partial charge on any atom is 0.534 e. The third kappa shape index (κ3) is 3.75. The largest absolute Gasteiger partial charge is 0.534 e. The van der Waals surface area contributed by atoms with Crippen LogP contribution in [0.1, 0.15) is 24.9 Å². The first-order chi connectivity index (χ1) is 13.1. The standard InChI is InChI=1S/C19H16F3NO4S/c1-13-17(27-28(25,26)19(20,21)22)12-16(14-8-4-2-5-9-14)23(18(13)24)15-10-6-3-7-11-15/h2-11,16H,12H2,1H3. The van der Waals surface area contributed by atoms with Gasteiger partial charge in [-0.2, -0.15) is 21.6 Å². The molecule has 0 spiro atoms. The second-order valence-corrected chi connectivity index (χ2v) is 7.71. The van der Waals surface area contributed by atoms with E-state index in [1.54, 1.807) is 60.7 Å². The summed E-state index contributed by atoms with van der Waals surface area (Å²) in [5.41, 5.74) is -4.60. The zero-order valence-corrected chi connectivity index (χ0v) is 15.5. The molecule has 1 atom stereocenters. The Hall–Kier alpha value is -2.81. The van der Waals surface area contributed by atoms with Crippen LogP contribution in [0.15, 0.2) is 72.0 Å². The van der Waals surface area contributed by atoms with Gasteiger partial charge in [0.25, 0.3) is 5.91 Å². The number of carbonyl (C=O) groups excluding carboxylic acids is 1. The van der Waals surface area contributed by atoms with Crippen LogP contribution in [-0.4, -0.2) is 19.8 Å². The minimum Gasteiger partial charge on any atom is -0.380 e. The highest BCUT2D eigenvalue weighted by Crippen LogP contribution is 2.40. The Morgan fingerprint density at radius 2 is 1.54 bits per heavy atom. The summed E-state index contributed by atoms with van der Waals surface area (Å²) in [6.45, 7) is 1.25. The Bertz CT molecular complexity index is 1000. The van der Waals surface area contributed by atoms with Crippen molar-refractivity contribution in [3.63, 3.8) is 0 Å². The van der Waals surface area contributed by atoms with Crippen molar-refractivity contribution in [2.45, 2.75) is 24.9 Å². The zero-order chi connectivity index (χ0) is 20.5. The number of amides is 1. The molecule has 1 unspecified atom stereocenters. The number of hydrogen-bond donors (Lipinski definition) is 0. The Kier molecular flexibility index (Phi) is 5.20.